The van der Waals surface area contributed by atoms with Crippen LogP contribution in [0.25, 0.3) is 0 Å². The molecule has 1 aromatic rings. The number of nitrogens with zero attached hydrogens (tertiary/aromatic N) is 1. The first kappa shape index (κ1) is 12.9. The fraction of sp³-hybridized carbons (Fsp3) is 0.615. The average molecular weight is 252 g/mol. The predicted octanol–water partition coefficient (Wildman–Crippen LogP) is 2.19. The molecule has 2 rings (SSSR count). The second-order valence-corrected chi connectivity index (χ2v) is 5.31. The quantitative estimate of drug-likeness (QED) is 0.787. The Morgan fingerprint density at radius 2 is 2.53 bits per heavy atom. The Morgan fingerprint density at radius 3 is 3.18 bits per heavy atom. The van der Waals surface area contributed by atoms with E-state index in [1.54, 1.807) is 0 Å². The molecular formula is C13H20N2OS. The molecule has 1 aromatic heterocycles. The summed E-state index contributed by atoms with van der Waals surface area (Å²) in [6.45, 7) is 5.00. The Morgan fingerprint density at radius 1 is 1.59 bits per heavy atom. The van der Waals surface area contributed by atoms with Crippen LogP contribution in [0.2, 0.25) is 0 Å². The molecule has 17 heavy (non-hydrogen) atoms. The third kappa shape index (κ3) is 3.98. The molecule has 0 aromatic carbocycles. The van der Waals surface area contributed by atoms with Crippen LogP contribution < -0.4 is 5.32 Å². The van der Waals surface area contributed by atoms with Crippen LogP contribution >= 0.6 is 11.8 Å². The summed E-state index contributed by atoms with van der Waals surface area (Å²) in [6.07, 6.45) is 3.03. The van der Waals surface area contributed by atoms with Crippen LogP contribution in [0.4, 0.5) is 0 Å². The lowest BCUT2D eigenvalue weighted by molar-refractivity contribution is 0.179. The second-order valence-electron chi connectivity index (χ2n) is 4.27. The van der Waals surface area contributed by atoms with E-state index in [1.807, 2.05) is 30.1 Å². The van der Waals surface area contributed by atoms with Gasteiger partial charge < -0.3 is 10.1 Å². The van der Waals surface area contributed by atoms with E-state index >= 15 is 0 Å². The van der Waals surface area contributed by atoms with Gasteiger partial charge in [-0.25, -0.2) is 4.98 Å². The van der Waals surface area contributed by atoms with Crippen molar-refractivity contribution in [3.8, 4) is 0 Å². The fourth-order valence-electron chi connectivity index (χ4n) is 2.10. The summed E-state index contributed by atoms with van der Waals surface area (Å²) in [7, 11) is 0. The van der Waals surface area contributed by atoms with Gasteiger partial charge in [-0.1, -0.05) is 13.0 Å². The summed E-state index contributed by atoms with van der Waals surface area (Å²) in [6, 6.07) is 6.60. The van der Waals surface area contributed by atoms with Gasteiger partial charge in [0.15, 0.2) is 0 Å². The van der Waals surface area contributed by atoms with Crippen LogP contribution in [-0.2, 0) is 4.74 Å². The molecule has 0 bridgehead atoms. The molecule has 1 aliphatic rings. The molecule has 1 aliphatic heterocycles. The van der Waals surface area contributed by atoms with Crippen molar-refractivity contribution in [2.24, 2.45) is 5.92 Å². The third-order valence-electron chi connectivity index (χ3n) is 3.05. The predicted molar refractivity (Wildman–Crippen MR) is 71.4 cm³/mol. The zero-order valence-corrected chi connectivity index (χ0v) is 11.1. The van der Waals surface area contributed by atoms with Crippen LogP contribution in [0.3, 0.4) is 0 Å². The third-order valence-corrected chi connectivity index (χ3v) is 4.11. The van der Waals surface area contributed by atoms with E-state index in [0.29, 0.717) is 12.0 Å². The first-order valence-corrected chi connectivity index (χ1v) is 7.23. The summed E-state index contributed by atoms with van der Waals surface area (Å²) < 4.78 is 5.47. The van der Waals surface area contributed by atoms with Crippen molar-refractivity contribution in [1.82, 2.24) is 10.3 Å². The van der Waals surface area contributed by atoms with E-state index in [1.165, 1.54) is 6.42 Å². The number of pyridine rings is 1. The molecule has 0 radical (unpaired) electrons. The molecule has 2 atom stereocenters. The lowest BCUT2D eigenvalue weighted by atomic mass is 10.0. The van der Waals surface area contributed by atoms with Crippen LogP contribution in [0.1, 0.15) is 13.3 Å². The van der Waals surface area contributed by atoms with E-state index in [-0.39, 0.29) is 0 Å². The molecule has 1 N–H and O–H groups in total. The van der Waals surface area contributed by atoms with Gasteiger partial charge >= 0.3 is 0 Å². The van der Waals surface area contributed by atoms with Gasteiger partial charge in [0.25, 0.3) is 0 Å². The molecule has 2 heterocycles. The van der Waals surface area contributed by atoms with E-state index in [4.69, 9.17) is 4.74 Å². The Hall–Kier alpha value is -0.580. The van der Waals surface area contributed by atoms with Crippen LogP contribution in [0.5, 0.6) is 0 Å². The van der Waals surface area contributed by atoms with Crippen molar-refractivity contribution >= 4 is 11.8 Å². The number of rotatable bonds is 6. The largest absolute Gasteiger partial charge is 0.381 e. The molecular weight excluding hydrogens is 232 g/mol. The van der Waals surface area contributed by atoms with Crippen LogP contribution in [0.15, 0.2) is 29.4 Å². The first-order valence-electron chi connectivity index (χ1n) is 6.25. The highest BCUT2D eigenvalue weighted by Crippen LogP contribution is 2.23. The summed E-state index contributed by atoms with van der Waals surface area (Å²) in [5.74, 6) is 1.73. The minimum Gasteiger partial charge on any atom is -0.381 e. The Labute approximate surface area is 107 Å². The molecule has 94 valence electrons. The van der Waals surface area contributed by atoms with Crippen LogP contribution in [-0.4, -0.2) is 36.5 Å². The molecule has 0 saturated carbocycles. The minimum absolute atomic E-state index is 0.537. The van der Waals surface area contributed by atoms with Gasteiger partial charge in [0.2, 0.25) is 0 Å². The van der Waals surface area contributed by atoms with E-state index < -0.39 is 0 Å². The highest BCUT2D eigenvalue weighted by Gasteiger charge is 2.25. The van der Waals surface area contributed by atoms with E-state index in [9.17, 15) is 0 Å². The molecule has 4 heteroatoms. The lowest BCUT2D eigenvalue weighted by Crippen LogP contribution is -2.38. The summed E-state index contributed by atoms with van der Waals surface area (Å²) in [5, 5.41) is 4.67. The smallest absolute Gasteiger partial charge is 0.0960 e. The van der Waals surface area contributed by atoms with Crippen molar-refractivity contribution in [2.45, 2.75) is 24.4 Å². The molecule has 0 amide bonds. The first-order chi connectivity index (χ1) is 8.40. The number of thioether (sulfide) groups is 1. The average Bonchev–Trinajstić information content (AvgIpc) is 2.89. The summed E-state index contributed by atoms with van der Waals surface area (Å²) >= 11 is 1.83. The Kier molecular flexibility index (Phi) is 5.29. The maximum absolute atomic E-state index is 5.47. The summed E-state index contributed by atoms with van der Waals surface area (Å²) in [4.78, 5) is 4.34. The van der Waals surface area contributed by atoms with E-state index in [2.05, 4.69) is 23.3 Å². The number of nitrogens with one attached hydrogen (secondary N) is 1. The maximum atomic E-state index is 5.47. The summed E-state index contributed by atoms with van der Waals surface area (Å²) in [5.41, 5.74) is 0. The Bertz CT molecular complexity index is 314. The van der Waals surface area contributed by atoms with Crippen molar-refractivity contribution < 1.29 is 4.74 Å². The highest BCUT2D eigenvalue weighted by molar-refractivity contribution is 7.99. The number of hydrogen-bond donors (Lipinski definition) is 1. The lowest BCUT2D eigenvalue weighted by Gasteiger charge is -2.22. The molecule has 2 unspecified atom stereocenters. The molecule has 1 saturated heterocycles. The standard InChI is InChI=1S/C13H20N2OS/c1-2-14-12(11-6-8-16-9-11)10-17-13-5-3-4-7-15-13/h3-5,7,11-12,14H,2,6,8-10H2,1H3. The second kappa shape index (κ2) is 6.99. The maximum Gasteiger partial charge on any atom is 0.0960 e. The van der Waals surface area contributed by atoms with Gasteiger partial charge in [-0.05, 0) is 25.1 Å². The van der Waals surface area contributed by atoms with Gasteiger partial charge in [0.05, 0.1) is 11.6 Å². The van der Waals surface area contributed by atoms with Crippen molar-refractivity contribution in [3.05, 3.63) is 24.4 Å². The zero-order chi connectivity index (χ0) is 11.9. The van der Waals surface area contributed by atoms with Crippen molar-refractivity contribution in [2.75, 3.05) is 25.5 Å². The molecule has 3 nitrogen and oxygen atoms in total. The number of hydrogen-bond acceptors (Lipinski definition) is 4. The highest BCUT2D eigenvalue weighted by atomic mass is 32.2. The normalized spacial score (nSPS) is 21.6. The molecule has 0 spiro atoms. The van der Waals surface area contributed by atoms with Crippen molar-refractivity contribution in [3.63, 3.8) is 0 Å². The van der Waals surface area contributed by atoms with Gasteiger partial charge in [-0.3, -0.25) is 0 Å². The monoisotopic (exact) mass is 252 g/mol. The molecule has 0 aliphatic carbocycles. The zero-order valence-electron chi connectivity index (χ0n) is 10.3. The topological polar surface area (TPSA) is 34.2 Å². The van der Waals surface area contributed by atoms with Gasteiger partial charge in [-0.15, -0.1) is 11.8 Å². The van der Waals surface area contributed by atoms with E-state index in [0.717, 1.165) is 30.5 Å². The van der Waals surface area contributed by atoms with Gasteiger partial charge in [-0.2, -0.15) is 0 Å². The van der Waals surface area contributed by atoms with Crippen molar-refractivity contribution in [1.29, 1.82) is 0 Å². The minimum atomic E-state index is 0.537. The van der Waals surface area contributed by atoms with Gasteiger partial charge in [0.1, 0.15) is 0 Å². The van der Waals surface area contributed by atoms with Crippen LogP contribution in [0, 0.1) is 5.92 Å². The molecule has 1 fully saturated rings. The van der Waals surface area contributed by atoms with Gasteiger partial charge in [0, 0.05) is 30.5 Å². The fourth-order valence-corrected chi connectivity index (χ4v) is 3.15. The number of ether oxygens (including phenoxy) is 1. The Balaban J connectivity index is 1.84. The SMILES string of the molecule is CCNC(CSc1ccccn1)C1CCOC1. The number of aromatic nitrogens is 1.